The highest BCUT2D eigenvalue weighted by Crippen LogP contribution is 2.33. The van der Waals surface area contributed by atoms with Crippen molar-refractivity contribution < 1.29 is 12.8 Å². The van der Waals surface area contributed by atoms with Crippen LogP contribution < -0.4 is 4.72 Å². The first-order valence-electron chi connectivity index (χ1n) is 5.33. The fourth-order valence-corrected chi connectivity index (χ4v) is 3.71. The molecule has 1 N–H and O–H groups in total. The SMILES string of the molecule is O=S(=O)(Nc1ccc(Cl)cc1F)c1cc(Cl)c(Cl)cc1Cl. The number of rotatable bonds is 3. The van der Waals surface area contributed by atoms with Crippen LogP contribution in [0.4, 0.5) is 10.1 Å². The Bertz CT molecular complexity index is 811. The molecule has 3 nitrogen and oxygen atoms in total. The van der Waals surface area contributed by atoms with Gasteiger partial charge in [-0.2, -0.15) is 0 Å². The number of hydrogen-bond donors (Lipinski definition) is 1. The molecule has 0 aliphatic rings. The second-order valence-electron chi connectivity index (χ2n) is 3.93. The van der Waals surface area contributed by atoms with E-state index in [4.69, 9.17) is 46.4 Å². The van der Waals surface area contributed by atoms with Crippen LogP contribution in [-0.2, 0) is 10.0 Å². The largest absolute Gasteiger partial charge is 0.277 e. The van der Waals surface area contributed by atoms with Gasteiger partial charge >= 0.3 is 0 Å². The predicted molar refractivity (Wildman–Crippen MR) is 83.7 cm³/mol. The maximum atomic E-state index is 13.6. The standard InChI is InChI=1S/C12H6Cl4FNO2S/c13-6-1-2-11(10(17)3-6)18-21(19,20)12-5-8(15)7(14)4-9(12)16/h1-5,18H. The van der Waals surface area contributed by atoms with E-state index in [1.807, 2.05) is 0 Å². The molecule has 9 heteroatoms. The van der Waals surface area contributed by atoms with Crippen molar-refractivity contribution in [1.82, 2.24) is 0 Å². The molecule has 2 rings (SSSR count). The summed E-state index contributed by atoms with van der Waals surface area (Å²) in [6.07, 6.45) is 0. The molecule has 0 aliphatic carbocycles. The van der Waals surface area contributed by atoms with E-state index in [0.29, 0.717) is 0 Å². The second kappa shape index (κ2) is 6.18. The molecule has 0 unspecified atom stereocenters. The quantitative estimate of drug-likeness (QED) is 0.730. The van der Waals surface area contributed by atoms with Gasteiger partial charge in [0.1, 0.15) is 10.7 Å². The Hall–Kier alpha value is -0.720. The third-order valence-corrected chi connectivity index (χ3v) is 5.23. The Balaban J connectivity index is 2.46. The van der Waals surface area contributed by atoms with Gasteiger partial charge in [0.05, 0.1) is 20.8 Å². The molecule has 0 saturated carbocycles. The van der Waals surface area contributed by atoms with Crippen LogP contribution >= 0.6 is 46.4 Å². The molecule has 0 atom stereocenters. The van der Waals surface area contributed by atoms with Crippen LogP contribution in [0.1, 0.15) is 0 Å². The predicted octanol–water partition coefficient (Wildman–Crippen LogP) is 5.24. The summed E-state index contributed by atoms with van der Waals surface area (Å²) in [6.45, 7) is 0. The maximum Gasteiger partial charge on any atom is 0.263 e. The number of hydrogen-bond acceptors (Lipinski definition) is 2. The molecule has 112 valence electrons. The molecule has 2 aromatic rings. The molecule has 0 bridgehead atoms. The highest BCUT2D eigenvalue weighted by molar-refractivity contribution is 7.92. The van der Waals surface area contributed by atoms with Crippen LogP contribution in [-0.4, -0.2) is 8.42 Å². The van der Waals surface area contributed by atoms with Gasteiger partial charge in [-0.3, -0.25) is 4.72 Å². The van der Waals surface area contributed by atoms with Crippen molar-refractivity contribution in [2.75, 3.05) is 4.72 Å². The van der Waals surface area contributed by atoms with Crippen LogP contribution in [0.25, 0.3) is 0 Å². The number of anilines is 1. The van der Waals surface area contributed by atoms with E-state index in [1.54, 1.807) is 0 Å². The molecule has 0 saturated heterocycles. The van der Waals surface area contributed by atoms with E-state index in [0.717, 1.165) is 12.1 Å². The van der Waals surface area contributed by atoms with Crippen LogP contribution in [0.15, 0.2) is 35.2 Å². The van der Waals surface area contributed by atoms with E-state index >= 15 is 0 Å². The summed E-state index contributed by atoms with van der Waals surface area (Å²) >= 11 is 22.9. The van der Waals surface area contributed by atoms with Gasteiger partial charge in [0.15, 0.2) is 0 Å². The lowest BCUT2D eigenvalue weighted by Crippen LogP contribution is -2.14. The highest BCUT2D eigenvalue weighted by Gasteiger charge is 2.21. The normalized spacial score (nSPS) is 11.5. The number of benzene rings is 2. The second-order valence-corrected chi connectivity index (χ2v) is 7.24. The topological polar surface area (TPSA) is 46.2 Å². The van der Waals surface area contributed by atoms with Gasteiger partial charge in [-0.1, -0.05) is 46.4 Å². The van der Waals surface area contributed by atoms with Gasteiger partial charge in [0.25, 0.3) is 10.0 Å². The van der Waals surface area contributed by atoms with Crippen molar-refractivity contribution in [2.24, 2.45) is 0 Å². The summed E-state index contributed by atoms with van der Waals surface area (Å²) in [5, 5.41) is 0.130. The Labute approximate surface area is 140 Å². The molecular weight excluding hydrogens is 383 g/mol. The molecule has 0 aliphatic heterocycles. The molecule has 2 aromatic carbocycles. The van der Waals surface area contributed by atoms with Crippen LogP contribution in [0.2, 0.25) is 20.1 Å². The van der Waals surface area contributed by atoms with Crippen LogP contribution in [0.3, 0.4) is 0 Å². The molecule has 0 radical (unpaired) electrons. The highest BCUT2D eigenvalue weighted by atomic mass is 35.5. The summed E-state index contributed by atoms with van der Waals surface area (Å²) < 4.78 is 40.2. The molecule has 0 heterocycles. The average molecular weight is 389 g/mol. The average Bonchev–Trinajstić information content (AvgIpc) is 2.37. The molecule has 21 heavy (non-hydrogen) atoms. The van der Waals surface area contributed by atoms with E-state index < -0.39 is 15.8 Å². The zero-order valence-corrected chi connectivity index (χ0v) is 13.8. The van der Waals surface area contributed by atoms with E-state index in [1.165, 1.54) is 18.2 Å². The first kappa shape index (κ1) is 16.6. The summed E-state index contributed by atoms with van der Waals surface area (Å²) in [4.78, 5) is -0.312. The fraction of sp³-hybridized carbons (Fsp3) is 0. The van der Waals surface area contributed by atoms with Gasteiger partial charge in [-0.25, -0.2) is 12.8 Å². The summed E-state index contributed by atoms with van der Waals surface area (Å²) in [7, 11) is -4.13. The summed E-state index contributed by atoms with van der Waals surface area (Å²) in [5.41, 5.74) is -0.262. The first-order chi connectivity index (χ1) is 9.70. The number of halogens is 5. The minimum absolute atomic E-state index is 0.0121. The zero-order valence-electron chi connectivity index (χ0n) is 10.0. The maximum absolute atomic E-state index is 13.6. The van der Waals surface area contributed by atoms with Crippen molar-refractivity contribution in [1.29, 1.82) is 0 Å². The Morgan fingerprint density at radius 2 is 1.52 bits per heavy atom. The van der Waals surface area contributed by atoms with Crippen molar-refractivity contribution in [3.8, 4) is 0 Å². The smallest absolute Gasteiger partial charge is 0.263 e. The first-order valence-corrected chi connectivity index (χ1v) is 8.32. The van der Waals surface area contributed by atoms with Crippen molar-refractivity contribution >= 4 is 62.1 Å². The Morgan fingerprint density at radius 3 is 2.14 bits per heavy atom. The fourth-order valence-electron chi connectivity index (χ4n) is 1.48. The van der Waals surface area contributed by atoms with Crippen LogP contribution in [0, 0.1) is 5.82 Å². The molecular formula is C12H6Cl4FNO2S. The number of nitrogens with one attached hydrogen (secondary N) is 1. The van der Waals surface area contributed by atoms with Gasteiger partial charge < -0.3 is 0 Å². The molecule has 0 fully saturated rings. The van der Waals surface area contributed by atoms with Crippen molar-refractivity contribution in [3.05, 3.63) is 56.2 Å². The van der Waals surface area contributed by atoms with Gasteiger partial charge in [0, 0.05) is 5.02 Å². The van der Waals surface area contributed by atoms with Gasteiger partial charge in [0.2, 0.25) is 0 Å². The summed E-state index contributed by atoms with van der Waals surface area (Å²) in [6, 6.07) is 5.80. The molecule has 0 spiro atoms. The lowest BCUT2D eigenvalue weighted by molar-refractivity contribution is 0.598. The third kappa shape index (κ3) is 3.73. The van der Waals surface area contributed by atoms with E-state index in [9.17, 15) is 12.8 Å². The minimum atomic E-state index is -4.13. The van der Waals surface area contributed by atoms with E-state index in [-0.39, 0.29) is 30.7 Å². The monoisotopic (exact) mass is 387 g/mol. The van der Waals surface area contributed by atoms with Crippen molar-refractivity contribution in [2.45, 2.75) is 4.90 Å². The van der Waals surface area contributed by atoms with Crippen molar-refractivity contribution in [3.63, 3.8) is 0 Å². The number of sulfonamides is 1. The third-order valence-electron chi connectivity index (χ3n) is 2.44. The lowest BCUT2D eigenvalue weighted by atomic mass is 10.3. The minimum Gasteiger partial charge on any atom is -0.277 e. The Morgan fingerprint density at radius 1 is 0.905 bits per heavy atom. The van der Waals surface area contributed by atoms with Gasteiger partial charge in [-0.15, -0.1) is 0 Å². The zero-order chi connectivity index (χ0) is 15.8. The van der Waals surface area contributed by atoms with Gasteiger partial charge in [-0.05, 0) is 30.3 Å². The molecule has 0 amide bonds. The lowest BCUT2D eigenvalue weighted by Gasteiger charge is -2.11. The van der Waals surface area contributed by atoms with E-state index in [2.05, 4.69) is 4.72 Å². The van der Waals surface area contributed by atoms with Crippen LogP contribution in [0.5, 0.6) is 0 Å². The molecule has 0 aromatic heterocycles. The summed E-state index contributed by atoms with van der Waals surface area (Å²) in [5.74, 6) is -0.817. The Kier molecular flexibility index (Phi) is 4.90.